The maximum atomic E-state index is 12.6. The first-order valence-electron chi connectivity index (χ1n) is 6.96. The van der Waals surface area contributed by atoms with Gasteiger partial charge in [0.05, 0.1) is 17.5 Å². The van der Waals surface area contributed by atoms with Crippen molar-refractivity contribution in [2.45, 2.75) is 12.3 Å². The molecule has 0 aliphatic carbocycles. The first-order chi connectivity index (χ1) is 10.7. The number of halogens is 1. The van der Waals surface area contributed by atoms with Crippen molar-refractivity contribution in [3.8, 4) is 5.75 Å². The second-order valence-electron chi connectivity index (χ2n) is 4.83. The molecule has 22 heavy (non-hydrogen) atoms. The zero-order chi connectivity index (χ0) is 15.9. The van der Waals surface area contributed by atoms with Crippen molar-refractivity contribution in [2.24, 2.45) is 0 Å². The third-order valence-corrected chi connectivity index (χ3v) is 3.99. The summed E-state index contributed by atoms with van der Waals surface area (Å²) in [6, 6.07) is 15.2. The highest BCUT2D eigenvalue weighted by Crippen LogP contribution is 2.29. The summed E-state index contributed by atoms with van der Waals surface area (Å²) in [6.07, 6.45) is 2.35. The minimum absolute atomic E-state index is 0.0597. The van der Waals surface area contributed by atoms with E-state index in [1.54, 1.807) is 19.3 Å². The molecule has 2 aromatic rings. The van der Waals surface area contributed by atoms with E-state index in [4.69, 9.17) is 4.74 Å². The molecule has 4 heteroatoms. The number of nitrogens with one attached hydrogen (secondary N) is 1. The van der Waals surface area contributed by atoms with Gasteiger partial charge in [-0.25, -0.2) is 0 Å². The molecular weight excluding hydrogens is 342 g/mol. The SMILES string of the molecule is C=CCC(C(=O)Nc1ccc(Br)c(OC)c1)c1ccccc1. The summed E-state index contributed by atoms with van der Waals surface area (Å²) < 4.78 is 6.09. The summed E-state index contributed by atoms with van der Waals surface area (Å²) in [6.45, 7) is 3.75. The van der Waals surface area contributed by atoms with Crippen molar-refractivity contribution >= 4 is 27.5 Å². The lowest BCUT2D eigenvalue weighted by molar-refractivity contribution is -0.117. The Hall–Kier alpha value is -2.07. The van der Waals surface area contributed by atoms with Crippen molar-refractivity contribution in [3.63, 3.8) is 0 Å². The molecule has 3 nitrogen and oxygen atoms in total. The highest BCUT2D eigenvalue weighted by Gasteiger charge is 2.19. The van der Waals surface area contributed by atoms with Crippen LogP contribution in [0.1, 0.15) is 17.9 Å². The van der Waals surface area contributed by atoms with Crippen molar-refractivity contribution in [1.29, 1.82) is 0 Å². The topological polar surface area (TPSA) is 38.3 Å². The van der Waals surface area contributed by atoms with Crippen LogP contribution in [0.15, 0.2) is 65.7 Å². The molecule has 0 aromatic heterocycles. The lowest BCUT2D eigenvalue weighted by Gasteiger charge is -2.16. The third-order valence-electron chi connectivity index (χ3n) is 3.34. The fourth-order valence-electron chi connectivity index (χ4n) is 2.21. The maximum absolute atomic E-state index is 12.6. The standard InChI is InChI=1S/C18H18BrNO2/c1-3-7-15(13-8-5-4-6-9-13)18(21)20-14-10-11-16(19)17(12-14)22-2/h3-6,8-12,15H,1,7H2,2H3,(H,20,21). The highest BCUT2D eigenvalue weighted by molar-refractivity contribution is 9.10. The first-order valence-corrected chi connectivity index (χ1v) is 7.75. The predicted molar refractivity (Wildman–Crippen MR) is 93.3 cm³/mol. The second kappa shape index (κ2) is 7.80. The molecular formula is C18H18BrNO2. The Balaban J connectivity index is 2.20. The van der Waals surface area contributed by atoms with Gasteiger partial charge in [0, 0.05) is 11.8 Å². The second-order valence-corrected chi connectivity index (χ2v) is 5.68. The van der Waals surface area contributed by atoms with Crippen LogP contribution in [0.4, 0.5) is 5.69 Å². The quantitative estimate of drug-likeness (QED) is 0.755. The van der Waals surface area contributed by atoms with Crippen LogP contribution in [0.3, 0.4) is 0 Å². The molecule has 0 saturated heterocycles. The van der Waals surface area contributed by atoms with Crippen molar-refractivity contribution in [1.82, 2.24) is 0 Å². The van der Waals surface area contributed by atoms with Crippen LogP contribution in [0.2, 0.25) is 0 Å². The van der Waals surface area contributed by atoms with E-state index >= 15 is 0 Å². The number of carbonyl (C=O) groups is 1. The Morgan fingerprint density at radius 3 is 2.68 bits per heavy atom. The average Bonchev–Trinajstić information content (AvgIpc) is 2.55. The third kappa shape index (κ3) is 3.98. The molecule has 0 aliphatic rings. The summed E-state index contributed by atoms with van der Waals surface area (Å²) in [4.78, 5) is 12.6. The van der Waals surface area contributed by atoms with Gasteiger partial charge < -0.3 is 10.1 Å². The highest BCUT2D eigenvalue weighted by atomic mass is 79.9. The predicted octanol–water partition coefficient (Wildman–Crippen LogP) is 4.76. The summed E-state index contributed by atoms with van der Waals surface area (Å²) in [5.74, 6) is 0.363. The fourth-order valence-corrected chi connectivity index (χ4v) is 2.62. The van der Waals surface area contributed by atoms with Gasteiger partial charge in [-0.2, -0.15) is 0 Å². The molecule has 0 radical (unpaired) electrons. The molecule has 0 saturated carbocycles. The van der Waals surface area contributed by atoms with E-state index in [2.05, 4.69) is 27.8 Å². The monoisotopic (exact) mass is 359 g/mol. The van der Waals surface area contributed by atoms with Crippen molar-refractivity contribution < 1.29 is 9.53 Å². The zero-order valence-corrected chi connectivity index (χ0v) is 14.0. The Labute approximate surface area is 139 Å². The molecule has 2 aromatic carbocycles. The lowest BCUT2D eigenvalue weighted by Crippen LogP contribution is -2.20. The molecule has 114 valence electrons. The van der Waals surface area contributed by atoms with E-state index in [1.807, 2.05) is 42.5 Å². The van der Waals surface area contributed by atoms with Crippen molar-refractivity contribution in [3.05, 3.63) is 71.2 Å². The van der Waals surface area contributed by atoms with E-state index in [0.29, 0.717) is 17.9 Å². The van der Waals surface area contributed by atoms with Crippen LogP contribution in [-0.4, -0.2) is 13.0 Å². The Morgan fingerprint density at radius 2 is 2.05 bits per heavy atom. The molecule has 1 amide bonds. The number of allylic oxidation sites excluding steroid dienone is 1. The van der Waals surface area contributed by atoms with Crippen LogP contribution in [0, 0.1) is 0 Å². The van der Waals surface area contributed by atoms with E-state index in [0.717, 1.165) is 10.0 Å². The number of amides is 1. The smallest absolute Gasteiger partial charge is 0.232 e. The van der Waals surface area contributed by atoms with E-state index in [9.17, 15) is 4.79 Å². The summed E-state index contributed by atoms with van der Waals surface area (Å²) in [5.41, 5.74) is 1.68. The summed E-state index contributed by atoms with van der Waals surface area (Å²) in [5, 5.41) is 2.94. The van der Waals surface area contributed by atoms with E-state index < -0.39 is 0 Å². The average molecular weight is 360 g/mol. The number of hydrogen-bond donors (Lipinski definition) is 1. The molecule has 0 heterocycles. The molecule has 0 fully saturated rings. The molecule has 0 aliphatic heterocycles. The molecule has 0 spiro atoms. The van der Waals surface area contributed by atoms with Gasteiger partial charge in [-0.1, -0.05) is 36.4 Å². The van der Waals surface area contributed by atoms with Gasteiger partial charge in [0.2, 0.25) is 5.91 Å². The fraction of sp³-hybridized carbons (Fsp3) is 0.167. The number of ether oxygens (including phenoxy) is 1. The number of rotatable bonds is 6. The molecule has 1 unspecified atom stereocenters. The van der Waals surface area contributed by atoms with E-state index in [1.165, 1.54) is 0 Å². The number of anilines is 1. The summed E-state index contributed by atoms with van der Waals surface area (Å²) >= 11 is 3.40. The van der Waals surface area contributed by atoms with Crippen LogP contribution in [-0.2, 0) is 4.79 Å². The van der Waals surface area contributed by atoms with E-state index in [-0.39, 0.29) is 11.8 Å². The van der Waals surface area contributed by atoms with Crippen LogP contribution >= 0.6 is 15.9 Å². The molecule has 1 atom stereocenters. The van der Waals surface area contributed by atoms with Gasteiger partial charge >= 0.3 is 0 Å². The number of methoxy groups -OCH3 is 1. The van der Waals surface area contributed by atoms with Crippen LogP contribution in [0.5, 0.6) is 5.75 Å². The van der Waals surface area contributed by atoms with Crippen LogP contribution < -0.4 is 10.1 Å². The summed E-state index contributed by atoms with van der Waals surface area (Å²) in [7, 11) is 1.59. The Bertz CT molecular complexity index is 655. The lowest BCUT2D eigenvalue weighted by atomic mass is 9.95. The largest absolute Gasteiger partial charge is 0.495 e. The zero-order valence-electron chi connectivity index (χ0n) is 12.4. The van der Waals surface area contributed by atoms with Gasteiger partial charge in [-0.3, -0.25) is 4.79 Å². The van der Waals surface area contributed by atoms with Gasteiger partial charge in [0.1, 0.15) is 5.75 Å². The normalized spacial score (nSPS) is 11.5. The number of hydrogen-bond acceptors (Lipinski definition) is 2. The minimum atomic E-state index is -0.256. The number of carbonyl (C=O) groups excluding carboxylic acids is 1. The first kappa shape index (κ1) is 16.3. The Morgan fingerprint density at radius 1 is 1.32 bits per heavy atom. The number of benzene rings is 2. The molecule has 2 rings (SSSR count). The molecule has 0 bridgehead atoms. The van der Waals surface area contributed by atoms with Crippen molar-refractivity contribution in [2.75, 3.05) is 12.4 Å². The minimum Gasteiger partial charge on any atom is -0.495 e. The Kier molecular flexibility index (Phi) is 5.78. The molecule has 1 N–H and O–H groups in total. The van der Waals surface area contributed by atoms with Gasteiger partial charge in [-0.05, 0) is 40.0 Å². The van der Waals surface area contributed by atoms with Crippen LogP contribution in [0.25, 0.3) is 0 Å². The van der Waals surface area contributed by atoms with Gasteiger partial charge in [0.25, 0.3) is 0 Å². The van der Waals surface area contributed by atoms with Gasteiger partial charge in [-0.15, -0.1) is 6.58 Å². The van der Waals surface area contributed by atoms with Gasteiger partial charge in [0.15, 0.2) is 0 Å². The maximum Gasteiger partial charge on any atom is 0.232 e.